The second-order valence-electron chi connectivity index (χ2n) is 10.0. The average molecular weight is 382 g/mol. The fraction of sp³-hybridized carbons (Fsp3) is 0.864. The van der Waals surface area contributed by atoms with Gasteiger partial charge in [-0.2, -0.15) is 0 Å². The molecular formula is C22H36ClNO2. The summed E-state index contributed by atoms with van der Waals surface area (Å²) in [6.07, 6.45) is 9.05. The van der Waals surface area contributed by atoms with Gasteiger partial charge in [0.1, 0.15) is 0 Å². The standard InChI is InChI=1S/C22H35NO2.ClH/c1-13(12-24)15-6-7-16-14-4-5-18-20(23)19(25)9-11-22(18,3)17(14)8-10-21(15,16)2;/h13-17,24H,4-12,23H2,1-3H3;1H/t13?,14-,15+,16-,17-,21+,22+;/m0./s1. The summed E-state index contributed by atoms with van der Waals surface area (Å²) >= 11 is 0. The Hall–Kier alpha value is -0.540. The average Bonchev–Trinajstić information content (AvgIpc) is 2.95. The molecule has 0 aliphatic heterocycles. The van der Waals surface area contributed by atoms with E-state index in [1.54, 1.807) is 0 Å². The molecule has 4 rings (SSSR count). The number of nitrogens with two attached hydrogens (primary N) is 1. The van der Waals surface area contributed by atoms with Crippen molar-refractivity contribution in [3.8, 4) is 0 Å². The molecule has 3 nitrogen and oxygen atoms in total. The number of Topliss-reactive ketones (excluding diaryl/α,β-unsaturated/α-hetero) is 1. The van der Waals surface area contributed by atoms with E-state index in [1.165, 1.54) is 37.7 Å². The molecule has 0 bridgehead atoms. The summed E-state index contributed by atoms with van der Waals surface area (Å²) in [6, 6.07) is 0. The topological polar surface area (TPSA) is 63.3 Å². The Kier molecular flexibility index (Phi) is 5.29. The zero-order valence-electron chi connectivity index (χ0n) is 16.6. The number of aliphatic hydroxyl groups is 1. The molecule has 0 aromatic carbocycles. The lowest BCUT2D eigenvalue weighted by molar-refractivity contribution is -0.119. The number of hydrogen-bond acceptors (Lipinski definition) is 3. The normalized spacial score (nSPS) is 46.1. The molecule has 1 unspecified atom stereocenters. The molecule has 0 aromatic heterocycles. The molecule has 3 saturated carbocycles. The van der Waals surface area contributed by atoms with Gasteiger partial charge in [0.15, 0.2) is 5.78 Å². The lowest BCUT2D eigenvalue weighted by atomic mass is 9.46. The Morgan fingerprint density at radius 1 is 1.12 bits per heavy atom. The van der Waals surface area contributed by atoms with Crippen LogP contribution in [0.4, 0.5) is 0 Å². The van der Waals surface area contributed by atoms with E-state index in [0.717, 1.165) is 24.7 Å². The van der Waals surface area contributed by atoms with Gasteiger partial charge in [0.25, 0.3) is 0 Å². The Bertz CT molecular complexity index is 617. The summed E-state index contributed by atoms with van der Waals surface area (Å²) in [5.74, 6) is 3.55. The van der Waals surface area contributed by atoms with Gasteiger partial charge < -0.3 is 10.8 Å². The van der Waals surface area contributed by atoms with Gasteiger partial charge >= 0.3 is 0 Å². The first-order valence-electron chi connectivity index (χ1n) is 10.5. The molecule has 0 aromatic rings. The van der Waals surface area contributed by atoms with Crippen molar-refractivity contribution >= 4 is 18.2 Å². The van der Waals surface area contributed by atoms with Crippen LogP contribution in [0.5, 0.6) is 0 Å². The van der Waals surface area contributed by atoms with E-state index in [0.29, 0.717) is 41.9 Å². The van der Waals surface area contributed by atoms with E-state index in [1.807, 2.05) is 0 Å². The molecule has 4 heteroatoms. The first kappa shape index (κ1) is 20.2. The Morgan fingerprint density at radius 2 is 1.85 bits per heavy atom. The van der Waals surface area contributed by atoms with Crippen LogP contribution < -0.4 is 5.73 Å². The van der Waals surface area contributed by atoms with Gasteiger partial charge in [-0.05, 0) is 90.9 Å². The van der Waals surface area contributed by atoms with Crippen LogP contribution in [0.25, 0.3) is 0 Å². The second kappa shape index (κ2) is 6.81. The SMILES string of the molecule is CC(CO)[C@H]1CC[C@H]2[C@@H]3CCC4=C(N)C(=O)CC[C@]4(C)[C@H]3CC[C@]12C.Cl. The number of carbonyl (C=O) groups excluding carboxylic acids is 1. The molecular weight excluding hydrogens is 346 g/mol. The van der Waals surface area contributed by atoms with Crippen molar-refractivity contribution in [3.05, 3.63) is 11.3 Å². The predicted molar refractivity (Wildman–Crippen MR) is 107 cm³/mol. The summed E-state index contributed by atoms with van der Waals surface area (Å²) in [4.78, 5) is 12.1. The van der Waals surface area contributed by atoms with E-state index in [-0.39, 0.29) is 23.6 Å². The van der Waals surface area contributed by atoms with Gasteiger partial charge in [-0.3, -0.25) is 4.79 Å². The van der Waals surface area contributed by atoms with Gasteiger partial charge in [-0.15, -0.1) is 12.4 Å². The van der Waals surface area contributed by atoms with Crippen molar-refractivity contribution in [1.82, 2.24) is 0 Å². The van der Waals surface area contributed by atoms with Crippen molar-refractivity contribution < 1.29 is 9.90 Å². The summed E-state index contributed by atoms with van der Waals surface area (Å²) in [5, 5.41) is 9.73. The second-order valence-corrected chi connectivity index (χ2v) is 10.0. The third-order valence-electron chi connectivity index (χ3n) is 9.22. The minimum Gasteiger partial charge on any atom is -0.396 e. The fourth-order valence-corrected chi connectivity index (χ4v) is 7.86. The molecule has 4 aliphatic carbocycles. The number of allylic oxidation sites excluding steroid dienone is 1. The van der Waals surface area contributed by atoms with E-state index in [9.17, 15) is 9.90 Å². The summed E-state index contributed by atoms with van der Waals surface area (Å²) in [7, 11) is 0. The van der Waals surface area contributed by atoms with Gasteiger partial charge in [0.2, 0.25) is 0 Å². The lowest BCUT2D eigenvalue weighted by Crippen LogP contribution is -2.52. The highest BCUT2D eigenvalue weighted by Crippen LogP contribution is 2.67. The molecule has 26 heavy (non-hydrogen) atoms. The van der Waals surface area contributed by atoms with E-state index in [2.05, 4.69) is 20.8 Å². The molecule has 4 aliphatic rings. The monoisotopic (exact) mass is 381 g/mol. The molecule has 148 valence electrons. The molecule has 3 N–H and O–H groups in total. The number of rotatable bonds is 2. The van der Waals surface area contributed by atoms with Crippen LogP contribution in [0.2, 0.25) is 0 Å². The van der Waals surface area contributed by atoms with E-state index < -0.39 is 0 Å². The third-order valence-corrected chi connectivity index (χ3v) is 9.22. The molecule has 3 fully saturated rings. The Balaban J connectivity index is 0.00000196. The van der Waals surface area contributed by atoms with Crippen molar-refractivity contribution in [3.63, 3.8) is 0 Å². The van der Waals surface area contributed by atoms with Crippen LogP contribution in [-0.4, -0.2) is 17.5 Å². The maximum Gasteiger partial charge on any atom is 0.178 e. The van der Waals surface area contributed by atoms with Crippen LogP contribution >= 0.6 is 12.4 Å². The van der Waals surface area contributed by atoms with Crippen LogP contribution in [0.3, 0.4) is 0 Å². The minimum atomic E-state index is 0. The van der Waals surface area contributed by atoms with Gasteiger partial charge in [0.05, 0.1) is 5.70 Å². The van der Waals surface area contributed by atoms with Crippen LogP contribution in [0.1, 0.15) is 72.1 Å². The van der Waals surface area contributed by atoms with E-state index >= 15 is 0 Å². The van der Waals surface area contributed by atoms with Crippen molar-refractivity contribution in [1.29, 1.82) is 0 Å². The quantitative estimate of drug-likeness (QED) is 0.741. The zero-order chi connectivity index (χ0) is 18.0. The van der Waals surface area contributed by atoms with Crippen LogP contribution in [0.15, 0.2) is 11.3 Å². The van der Waals surface area contributed by atoms with Gasteiger partial charge in [-0.25, -0.2) is 0 Å². The molecule has 0 spiro atoms. The van der Waals surface area contributed by atoms with Crippen molar-refractivity contribution in [2.24, 2.45) is 46.2 Å². The fourth-order valence-electron chi connectivity index (χ4n) is 7.86. The molecule has 0 amide bonds. The van der Waals surface area contributed by atoms with Crippen LogP contribution in [-0.2, 0) is 4.79 Å². The number of fused-ring (bicyclic) bond motifs is 5. The summed E-state index contributed by atoms with van der Waals surface area (Å²) < 4.78 is 0. The summed E-state index contributed by atoms with van der Waals surface area (Å²) in [6.45, 7) is 7.49. The number of ketones is 1. The number of aliphatic hydroxyl groups excluding tert-OH is 1. The van der Waals surface area contributed by atoms with E-state index in [4.69, 9.17) is 5.73 Å². The highest BCUT2D eigenvalue weighted by atomic mass is 35.5. The smallest absolute Gasteiger partial charge is 0.178 e. The van der Waals surface area contributed by atoms with Crippen molar-refractivity contribution in [2.75, 3.05) is 6.61 Å². The Labute approximate surface area is 164 Å². The summed E-state index contributed by atoms with van der Waals surface area (Å²) in [5.41, 5.74) is 8.72. The zero-order valence-corrected chi connectivity index (χ0v) is 17.4. The minimum absolute atomic E-state index is 0. The lowest BCUT2D eigenvalue weighted by Gasteiger charge is -2.58. The first-order valence-corrected chi connectivity index (χ1v) is 10.5. The highest BCUT2D eigenvalue weighted by molar-refractivity contribution is 5.96. The number of hydrogen-bond donors (Lipinski definition) is 2. The maximum atomic E-state index is 12.1. The van der Waals surface area contributed by atoms with Gasteiger partial charge in [0, 0.05) is 13.0 Å². The van der Waals surface area contributed by atoms with Gasteiger partial charge in [-0.1, -0.05) is 20.8 Å². The van der Waals surface area contributed by atoms with Crippen molar-refractivity contribution in [2.45, 2.75) is 72.1 Å². The molecule has 7 atom stereocenters. The Morgan fingerprint density at radius 3 is 2.54 bits per heavy atom. The molecule has 0 heterocycles. The molecule has 0 saturated heterocycles. The maximum absolute atomic E-state index is 12.1. The largest absolute Gasteiger partial charge is 0.396 e. The number of halogens is 1. The first-order chi connectivity index (χ1) is 11.8. The highest BCUT2D eigenvalue weighted by Gasteiger charge is 2.59. The molecule has 0 radical (unpaired) electrons. The third kappa shape index (κ3) is 2.60. The van der Waals surface area contributed by atoms with Crippen LogP contribution in [0, 0.1) is 40.4 Å². The number of carbonyl (C=O) groups is 1. The predicted octanol–water partition coefficient (Wildman–Crippen LogP) is 4.47.